The Morgan fingerprint density at radius 1 is 1.16 bits per heavy atom. The number of amides is 2. The number of benzene rings is 1. The van der Waals surface area contributed by atoms with Gasteiger partial charge in [0.1, 0.15) is 0 Å². The molecule has 2 amide bonds. The van der Waals surface area contributed by atoms with Crippen LogP contribution in [0.25, 0.3) is 0 Å². The molecule has 19 heavy (non-hydrogen) atoms. The number of hydrogen-bond acceptors (Lipinski definition) is 4. The molecule has 1 aromatic rings. The van der Waals surface area contributed by atoms with Gasteiger partial charge in [0.2, 0.25) is 0 Å². The Kier molecular flexibility index (Phi) is 2.69. The smallest absolute Gasteiger partial charge is 0.262 e. The largest absolute Gasteiger partial charge is 0.387 e. The first kappa shape index (κ1) is 12.3. The van der Waals surface area contributed by atoms with Crippen LogP contribution in [0, 0.1) is 0 Å². The summed E-state index contributed by atoms with van der Waals surface area (Å²) in [5, 5.41) is 9.94. The number of imide groups is 1. The van der Waals surface area contributed by atoms with Crippen molar-refractivity contribution >= 4 is 11.8 Å². The zero-order valence-electron chi connectivity index (χ0n) is 10.8. The molecule has 0 bridgehead atoms. The minimum absolute atomic E-state index is 0.243. The molecule has 0 spiro atoms. The summed E-state index contributed by atoms with van der Waals surface area (Å²) in [6, 6.07) is 6.86. The molecule has 0 aromatic heterocycles. The van der Waals surface area contributed by atoms with E-state index in [2.05, 4.69) is 0 Å². The number of hydrogen-bond donors (Lipinski definition) is 1. The molecule has 0 radical (unpaired) electrons. The van der Waals surface area contributed by atoms with E-state index in [4.69, 9.17) is 0 Å². The Morgan fingerprint density at radius 2 is 1.68 bits per heavy atom. The predicted octanol–water partition coefficient (Wildman–Crippen LogP) is 0.697. The van der Waals surface area contributed by atoms with Gasteiger partial charge >= 0.3 is 0 Å². The average Bonchev–Trinajstić information content (AvgIpc) is 2.62. The lowest BCUT2D eigenvalue weighted by Crippen LogP contribution is -2.63. The number of carbonyl (C=O) groups excluding carboxylic acids is 2. The second-order valence-electron chi connectivity index (χ2n) is 5.29. The fourth-order valence-electron chi connectivity index (χ4n) is 2.68. The monoisotopic (exact) mass is 260 g/mol. The molecule has 0 atom stereocenters. The number of likely N-dealkylation sites (tertiary alicyclic amines) is 1. The Balaban J connectivity index is 1.72. The van der Waals surface area contributed by atoms with Gasteiger partial charge in [-0.25, -0.2) is 0 Å². The lowest BCUT2D eigenvalue weighted by atomic mass is 9.92. The molecule has 5 nitrogen and oxygen atoms in total. The zero-order chi connectivity index (χ0) is 13.6. The van der Waals surface area contributed by atoms with Crippen LogP contribution in [0.15, 0.2) is 24.3 Å². The van der Waals surface area contributed by atoms with Gasteiger partial charge in [0.25, 0.3) is 11.8 Å². The first-order chi connectivity index (χ1) is 9.04. The van der Waals surface area contributed by atoms with E-state index in [0.29, 0.717) is 30.6 Å². The second-order valence-corrected chi connectivity index (χ2v) is 5.29. The molecule has 0 saturated carbocycles. The molecule has 1 saturated heterocycles. The molecule has 3 rings (SSSR count). The van der Waals surface area contributed by atoms with E-state index in [1.54, 1.807) is 24.3 Å². The highest BCUT2D eigenvalue weighted by Crippen LogP contribution is 2.27. The lowest BCUT2D eigenvalue weighted by Gasteiger charge is -2.47. The molecule has 2 aliphatic rings. The molecular formula is C14H16N2O3. The van der Waals surface area contributed by atoms with Crippen molar-refractivity contribution in [2.75, 3.05) is 19.8 Å². The molecule has 1 aromatic carbocycles. The highest BCUT2D eigenvalue weighted by molar-refractivity contribution is 6.21. The summed E-state index contributed by atoms with van der Waals surface area (Å²) in [4.78, 5) is 27.4. The van der Waals surface area contributed by atoms with Crippen molar-refractivity contribution in [3.05, 3.63) is 35.4 Å². The van der Waals surface area contributed by atoms with Gasteiger partial charge in [0, 0.05) is 13.1 Å². The van der Waals surface area contributed by atoms with Gasteiger partial charge < -0.3 is 5.11 Å². The fourth-order valence-corrected chi connectivity index (χ4v) is 2.68. The Labute approximate surface area is 111 Å². The van der Waals surface area contributed by atoms with Gasteiger partial charge in [-0.15, -0.1) is 0 Å². The molecule has 2 heterocycles. The van der Waals surface area contributed by atoms with Gasteiger partial charge in [-0.2, -0.15) is 0 Å². The van der Waals surface area contributed by atoms with E-state index >= 15 is 0 Å². The van der Waals surface area contributed by atoms with E-state index in [9.17, 15) is 14.7 Å². The molecule has 1 fully saturated rings. The molecule has 5 heteroatoms. The maximum atomic E-state index is 12.1. The summed E-state index contributed by atoms with van der Waals surface area (Å²) in [6.45, 7) is 3.21. The number of β-amino-alcohol motifs (C(OH)–C–C–N with tert-alkyl or cyclic N) is 1. The summed E-state index contributed by atoms with van der Waals surface area (Å²) in [7, 11) is 0. The van der Waals surface area contributed by atoms with Crippen LogP contribution in [0.4, 0.5) is 0 Å². The van der Waals surface area contributed by atoms with Crippen LogP contribution in [-0.2, 0) is 0 Å². The van der Waals surface area contributed by atoms with Crippen LogP contribution < -0.4 is 0 Å². The van der Waals surface area contributed by atoms with Crippen LogP contribution in [0.3, 0.4) is 0 Å². The van der Waals surface area contributed by atoms with Gasteiger partial charge in [0.15, 0.2) is 0 Å². The SMILES string of the molecule is CCC1(O)CN(CN2C(=O)c3ccccc3C2=O)C1. The minimum Gasteiger partial charge on any atom is -0.387 e. The molecule has 2 aliphatic heterocycles. The number of rotatable bonds is 3. The van der Waals surface area contributed by atoms with Crippen molar-refractivity contribution in [2.45, 2.75) is 18.9 Å². The maximum Gasteiger partial charge on any atom is 0.262 e. The Morgan fingerprint density at radius 3 is 2.16 bits per heavy atom. The quantitative estimate of drug-likeness (QED) is 0.813. The van der Waals surface area contributed by atoms with Crippen molar-refractivity contribution in [3.8, 4) is 0 Å². The third-order valence-corrected chi connectivity index (χ3v) is 3.91. The number of nitrogens with zero attached hydrogens (tertiary/aromatic N) is 2. The van der Waals surface area contributed by atoms with Crippen molar-refractivity contribution < 1.29 is 14.7 Å². The standard InChI is InChI=1S/C14H16N2O3/c1-2-14(19)7-15(8-14)9-16-12(17)10-5-3-4-6-11(10)13(16)18/h3-6,19H,2,7-9H2,1H3. The van der Waals surface area contributed by atoms with E-state index in [1.165, 1.54) is 4.90 Å². The number of fused-ring (bicyclic) bond motifs is 1. The first-order valence-electron chi connectivity index (χ1n) is 6.44. The van der Waals surface area contributed by atoms with Crippen molar-refractivity contribution in [2.24, 2.45) is 0 Å². The van der Waals surface area contributed by atoms with Crippen molar-refractivity contribution in [3.63, 3.8) is 0 Å². The first-order valence-corrected chi connectivity index (χ1v) is 6.44. The lowest BCUT2D eigenvalue weighted by molar-refractivity contribution is -0.109. The average molecular weight is 260 g/mol. The van der Waals surface area contributed by atoms with Crippen LogP contribution in [0.1, 0.15) is 34.1 Å². The van der Waals surface area contributed by atoms with E-state index in [1.807, 2.05) is 11.8 Å². The molecule has 100 valence electrons. The van der Waals surface area contributed by atoms with Gasteiger partial charge in [-0.3, -0.25) is 19.4 Å². The zero-order valence-corrected chi connectivity index (χ0v) is 10.8. The number of carbonyl (C=O) groups is 2. The van der Waals surface area contributed by atoms with E-state index < -0.39 is 5.60 Å². The number of aliphatic hydroxyl groups is 1. The minimum atomic E-state index is -0.654. The highest BCUT2D eigenvalue weighted by atomic mass is 16.3. The highest BCUT2D eigenvalue weighted by Gasteiger charge is 2.43. The Bertz CT molecular complexity index is 514. The van der Waals surface area contributed by atoms with Crippen LogP contribution >= 0.6 is 0 Å². The maximum absolute atomic E-state index is 12.1. The van der Waals surface area contributed by atoms with Crippen LogP contribution in [-0.4, -0.2) is 52.1 Å². The third kappa shape index (κ3) is 1.86. The normalized spacial score (nSPS) is 21.5. The summed E-state index contributed by atoms with van der Waals surface area (Å²) in [5.74, 6) is -0.486. The molecular weight excluding hydrogens is 244 g/mol. The van der Waals surface area contributed by atoms with Gasteiger partial charge in [-0.05, 0) is 18.6 Å². The fraction of sp³-hybridized carbons (Fsp3) is 0.429. The third-order valence-electron chi connectivity index (χ3n) is 3.91. The topological polar surface area (TPSA) is 60.9 Å². The van der Waals surface area contributed by atoms with Crippen LogP contribution in [0.2, 0.25) is 0 Å². The Hall–Kier alpha value is -1.72. The predicted molar refractivity (Wildman–Crippen MR) is 68.6 cm³/mol. The van der Waals surface area contributed by atoms with Gasteiger partial charge in [-0.1, -0.05) is 19.1 Å². The van der Waals surface area contributed by atoms with Crippen molar-refractivity contribution in [1.29, 1.82) is 0 Å². The van der Waals surface area contributed by atoms with E-state index in [0.717, 1.165) is 0 Å². The van der Waals surface area contributed by atoms with Crippen molar-refractivity contribution in [1.82, 2.24) is 9.80 Å². The second kappa shape index (κ2) is 4.15. The molecule has 0 unspecified atom stereocenters. The summed E-state index contributed by atoms with van der Waals surface area (Å²) < 4.78 is 0. The van der Waals surface area contributed by atoms with Crippen LogP contribution in [0.5, 0.6) is 0 Å². The summed E-state index contributed by atoms with van der Waals surface area (Å²) >= 11 is 0. The van der Waals surface area contributed by atoms with Gasteiger partial charge in [0.05, 0.1) is 23.4 Å². The van der Waals surface area contributed by atoms with E-state index in [-0.39, 0.29) is 18.5 Å². The molecule has 0 aliphatic carbocycles. The summed E-state index contributed by atoms with van der Waals surface area (Å²) in [5.41, 5.74) is 0.288. The summed E-state index contributed by atoms with van der Waals surface area (Å²) in [6.07, 6.45) is 0.686. The molecule has 1 N–H and O–H groups in total.